The summed E-state index contributed by atoms with van der Waals surface area (Å²) in [5, 5.41) is 4.63. The van der Waals surface area contributed by atoms with Gasteiger partial charge in [0.15, 0.2) is 5.96 Å². The minimum Gasteiger partial charge on any atom is -0.357 e. The Balaban J connectivity index is 0.00000312. The van der Waals surface area contributed by atoms with Crippen molar-refractivity contribution in [1.82, 2.24) is 20.1 Å². The molecular formula is C18H34IN5S. The van der Waals surface area contributed by atoms with Crippen LogP contribution in [-0.4, -0.2) is 66.6 Å². The average Bonchev–Trinajstić information content (AvgIpc) is 3.22. The molecule has 1 aliphatic rings. The first-order valence-electron chi connectivity index (χ1n) is 9.34. The third-order valence-corrected chi connectivity index (χ3v) is 5.82. The van der Waals surface area contributed by atoms with Gasteiger partial charge in [0, 0.05) is 50.2 Å². The zero-order chi connectivity index (χ0) is 17.4. The summed E-state index contributed by atoms with van der Waals surface area (Å²) in [4.78, 5) is 15.5. The van der Waals surface area contributed by atoms with Crippen molar-refractivity contribution in [3.63, 3.8) is 0 Å². The van der Waals surface area contributed by atoms with Gasteiger partial charge in [0.1, 0.15) is 0 Å². The third kappa shape index (κ3) is 7.02. The van der Waals surface area contributed by atoms with Gasteiger partial charge in [-0.1, -0.05) is 13.8 Å². The topological polar surface area (TPSA) is 43.8 Å². The molecule has 0 aromatic carbocycles. The number of thiazole rings is 1. The van der Waals surface area contributed by atoms with Crippen molar-refractivity contribution < 1.29 is 0 Å². The number of halogens is 1. The van der Waals surface area contributed by atoms with Crippen LogP contribution in [0.25, 0.3) is 0 Å². The van der Waals surface area contributed by atoms with Crippen molar-refractivity contribution in [2.75, 3.05) is 39.8 Å². The summed E-state index contributed by atoms with van der Waals surface area (Å²) in [7, 11) is 2.16. The van der Waals surface area contributed by atoms with E-state index in [1.54, 1.807) is 0 Å². The van der Waals surface area contributed by atoms with Gasteiger partial charge in [-0.2, -0.15) is 0 Å². The van der Waals surface area contributed by atoms with Crippen LogP contribution in [0.15, 0.2) is 11.2 Å². The number of rotatable bonds is 8. The second-order valence-corrected chi connectivity index (χ2v) is 7.56. The molecule has 25 heavy (non-hydrogen) atoms. The van der Waals surface area contributed by atoms with Crippen LogP contribution in [0.1, 0.15) is 43.5 Å². The van der Waals surface area contributed by atoms with Crippen LogP contribution in [0, 0.1) is 0 Å². The van der Waals surface area contributed by atoms with Crippen molar-refractivity contribution in [2.45, 2.75) is 52.5 Å². The number of aliphatic imine (C=N–C) groups is 1. The maximum atomic E-state index is 4.82. The van der Waals surface area contributed by atoms with Crippen molar-refractivity contribution in [2.24, 2.45) is 4.99 Å². The number of hydrogen-bond donors (Lipinski definition) is 1. The molecule has 0 aliphatic carbocycles. The summed E-state index contributed by atoms with van der Waals surface area (Å²) in [6.07, 6.45) is 6.63. The number of guanidine groups is 1. The highest BCUT2D eigenvalue weighted by molar-refractivity contribution is 14.0. The van der Waals surface area contributed by atoms with Gasteiger partial charge < -0.3 is 10.2 Å². The summed E-state index contributed by atoms with van der Waals surface area (Å²) in [6, 6.07) is 0.662. The molecule has 2 rings (SSSR count). The van der Waals surface area contributed by atoms with Gasteiger partial charge in [0.25, 0.3) is 0 Å². The average molecular weight is 479 g/mol. The Kier molecular flexibility index (Phi) is 10.9. The first kappa shape index (κ1) is 22.6. The fourth-order valence-corrected chi connectivity index (χ4v) is 4.13. The molecule has 0 radical (unpaired) electrons. The Morgan fingerprint density at radius 2 is 2.24 bits per heavy atom. The first-order valence-corrected chi connectivity index (χ1v) is 10.2. The molecule has 144 valence electrons. The number of aromatic nitrogens is 1. The smallest absolute Gasteiger partial charge is 0.193 e. The zero-order valence-corrected chi connectivity index (χ0v) is 19.3. The Labute approximate surface area is 174 Å². The van der Waals surface area contributed by atoms with Gasteiger partial charge in [-0.05, 0) is 39.3 Å². The van der Waals surface area contributed by atoms with Crippen molar-refractivity contribution >= 4 is 41.3 Å². The molecule has 1 saturated heterocycles. The maximum absolute atomic E-state index is 4.82. The molecule has 0 saturated carbocycles. The molecule has 1 aliphatic heterocycles. The predicted molar refractivity (Wildman–Crippen MR) is 119 cm³/mol. The fraction of sp³-hybridized carbons (Fsp3) is 0.778. The lowest BCUT2D eigenvalue weighted by atomic mass is 10.2. The minimum absolute atomic E-state index is 0. The molecule has 1 N–H and O–H groups in total. The Hall–Kier alpha value is -0.410. The molecule has 5 nitrogen and oxygen atoms in total. The third-order valence-electron chi connectivity index (χ3n) is 4.62. The van der Waals surface area contributed by atoms with E-state index in [1.165, 1.54) is 29.3 Å². The largest absolute Gasteiger partial charge is 0.357 e. The van der Waals surface area contributed by atoms with E-state index in [9.17, 15) is 0 Å². The van der Waals surface area contributed by atoms with Crippen molar-refractivity contribution in [3.8, 4) is 0 Å². The van der Waals surface area contributed by atoms with E-state index in [-0.39, 0.29) is 24.0 Å². The molecular weight excluding hydrogens is 445 g/mol. The van der Waals surface area contributed by atoms with Gasteiger partial charge >= 0.3 is 0 Å². The van der Waals surface area contributed by atoms with E-state index in [0.717, 1.165) is 45.0 Å². The van der Waals surface area contributed by atoms with Crippen LogP contribution in [0.4, 0.5) is 0 Å². The van der Waals surface area contributed by atoms with E-state index < -0.39 is 0 Å². The summed E-state index contributed by atoms with van der Waals surface area (Å²) in [5.41, 5.74) is 0. The quantitative estimate of drug-likeness (QED) is 0.353. The Morgan fingerprint density at radius 3 is 2.88 bits per heavy atom. The summed E-state index contributed by atoms with van der Waals surface area (Å²) < 4.78 is 0. The highest BCUT2D eigenvalue weighted by Gasteiger charge is 2.24. The number of likely N-dealkylation sites (tertiary alicyclic amines) is 1. The number of likely N-dealkylation sites (N-methyl/N-ethyl adjacent to an activating group) is 2. The number of hydrogen-bond acceptors (Lipinski definition) is 4. The predicted octanol–water partition coefficient (Wildman–Crippen LogP) is 3.25. The maximum Gasteiger partial charge on any atom is 0.193 e. The molecule has 0 bridgehead atoms. The van der Waals surface area contributed by atoms with Gasteiger partial charge in [-0.25, -0.2) is 4.98 Å². The molecule has 2 heterocycles. The van der Waals surface area contributed by atoms with Crippen LogP contribution in [-0.2, 0) is 12.8 Å². The van der Waals surface area contributed by atoms with E-state index in [4.69, 9.17) is 4.99 Å². The molecule has 1 atom stereocenters. The van der Waals surface area contributed by atoms with E-state index in [2.05, 4.69) is 47.9 Å². The highest BCUT2D eigenvalue weighted by Crippen LogP contribution is 2.17. The Morgan fingerprint density at radius 1 is 1.44 bits per heavy atom. The number of nitrogens with zero attached hydrogens (tertiary/aromatic N) is 4. The summed E-state index contributed by atoms with van der Waals surface area (Å²) in [5.74, 6) is 1.02. The van der Waals surface area contributed by atoms with Crippen LogP contribution >= 0.6 is 35.3 Å². The summed E-state index contributed by atoms with van der Waals surface area (Å²) in [6.45, 7) is 11.7. The standard InChI is InChI=1S/C18H33N5S.HI/c1-5-16-13-21-17(24-16)10-11-20-18(19-6-2)22(4)14-15-9-8-12-23(15)7-3;/h13,15H,5-12,14H2,1-4H3,(H,19,20);1H. The number of aryl methyl sites for hydroxylation is 1. The molecule has 7 heteroatoms. The van der Waals surface area contributed by atoms with Gasteiger partial charge in [-0.3, -0.25) is 9.89 Å². The second kappa shape index (κ2) is 12.1. The lowest BCUT2D eigenvalue weighted by molar-refractivity contribution is 0.232. The lowest BCUT2D eigenvalue weighted by Crippen LogP contribution is -2.46. The van der Waals surface area contributed by atoms with Crippen molar-refractivity contribution in [1.29, 1.82) is 0 Å². The Bertz CT molecular complexity index is 519. The van der Waals surface area contributed by atoms with Crippen LogP contribution in [0.5, 0.6) is 0 Å². The first-order chi connectivity index (χ1) is 11.7. The van der Waals surface area contributed by atoms with Gasteiger partial charge in [0.2, 0.25) is 0 Å². The normalized spacial score (nSPS) is 18.2. The lowest BCUT2D eigenvalue weighted by Gasteiger charge is -2.29. The van der Waals surface area contributed by atoms with Gasteiger partial charge in [0.05, 0.1) is 5.01 Å². The fourth-order valence-electron chi connectivity index (χ4n) is 3.28. The van der Waals surface area contributed by atoms with E-state index in [1.807, 2.05) is 17.5 Å². The van der Waals surface area contributed by atoms with Gasteiger partial charge in [-0.15, -0.1) is 35.3 Å². The SMILES string of the molecule is CCNC(=NCCc1ncc(CC)s1)N(C)CC1CCCN1CC.I. The van der Waals surface area contributed by atoms with E-state index >= 15 is 0 Å². The molecule has 0 amide bonds. The van der Waals surface area contributed by atoms with Crippen LogP contribution < -0.4 is 5.32 Å². The summed E-state index contributed by atoms with van der Waals surface area (Å²) >= 11 is 1.81. The molecule has 1 aromatic rings. The van der Waals surface area contributed by atoms with Crippen LogP contribution in [0.3, 0.4) is 0 Å². The number of nitrogens with one attached hydrogen (secondary N) is 1. The molecule has 0 spiro atoms. The van der Waals surface area contributed by atoms with E-state index in [0.29, 0.717) is 6.04 Å². The molecule has 1 fully saturated rings. The minimum atomic E-state index is 0. The monoisotopic (exact) mass is 479 g/mol. The zero-order valence-electron chi connectivity index (χ0n) is 16.1. The molecule has 1 unspecified atom stereocenters. The second-order valence-electron chi connectivity index (χ2n) is 6.36. The molecule has 1 aromatic heterocycles. The highest BCUT2D eigenvalue weighted by atomic mass is 127. The van der Waals surface area contributed by atoms with Crippen molar-refractivity contribution in [3.05, 3.63) is 16.1 Å². The van der Waals surface area contributed by atoms with Crippen LogP contribution in [0.2, 0.25) is 0 Å².